The molecule has 30 heavy (non-hydrogen) atoms. The Labute approximate surface area is 178 Å². The first-order valence-corrected chi connectivity index (χ1v) is 10.6. The van der Waals surface area contributed by atoms with Crippen LogP contribution in [0.25, 0.3) is 6.08 Å². The number of halogens is 2. The smallest absolute Gasteiger partial charge is 0.331 e. The molecular formula is C21H17ClFNO5S. The maximum absolute atomic E-state index is 13.0. The topological polar surface area (TPSA) is 85.6 Å². The lowest BCUT2D eigenvalue weighted by Crippen LogP contribution is -2.22. The van der Waals surface area contributed by atoms with Crippen LogP contribution in [0, 0.1) is 5.82 Å². The van der Waals surface area contributed by atoms with Crippen molar-refractivity contribution in [3.05, 3.63) is 94.7 Å². The molecule has 1 aromatic heterocycles. The highest BCUT2D eigenvalue weighted by molar-refractivity contribution is 7.89. The number of carbonyl (C=O) groups excluding carboxylic acids is 1. The van der Waals surface area contributed by atoms with Gasteiger partial charge >= 0.3 is 5.97 Å². The van der Waals surface area contributed by atoms with Crippen LogP contribution in [0.2, 0.25) is 5.02 Å². The zero-order valence-electron chi connectivity index (χ0n) is 15.5. The molecule has 0 saturated carbocycles. The minimum absolute atomic E-state index is 0.0426. The van der Waals surface area contributed by atoms with Gasteiger partial charge in [-0.15, -0.1) is 0 Å². The Bertz CT molecular complexity index is 1140. The molecule has 0 spiro atoms. The van der Waals surface area contributed by atoms with Gasteiger partial charge in [-0.2, -0.15) is 0 Å². The molecule has 3 rings (SSSR count). The molecule has 0 aliphatic rings. The van der Waals surface area contributed by atoms with E-state index in [9.17, 15) is 17.6 Å². The van der Waals surface area contributed by atoms with Gasteiger partial charge in [0, 0.05) is 11.6 Å². The Morgan fingerprint density at radius 3 is 2.60 bits per heavy atom. The average molecular weight is 450 g/mol. The molecular weight excluding hydrogens is 433 g/mol. The average Bonchev–Trinajstić information content (AvgIpc) is 3.24. The van der Waals surface area contributed by atoms with Crippen molar-refractivity contribution in [3.8, 4) is 0 Å². The first-order valence-electron chi connectivity index (χ1n) is 8.74. The number of esters is 1. The van der Waals surface area contributed by atoms with Crippen LogP contribution in [-0.2, 0) is 32.7 Å². The lowest BCUT2D eigenvalue weighted by molar-refractivity contribution is -0.138. The number of furan rings is 1. The maximum Gasteiger partial charge on any atom is 0.331 e. The quantitative estimate of drug-likeness (QED) is 0.409. The summed E-state index contributed by atoms with van der Waals surface area (Å²) in [6, 6.07) is 13.1. The first kappa shape index (κ1) is 21.8. The van der Waals surface area contributed by atoms with E-state index in [1.54, 1.807) is 24.3 Å². The Kier molecular flexibility index (Phi) is 7.04. The third-order valence-corrected chi connectivity index (χ3v) is 5.77. The van der Waals surface area contributed by atoms with Crippen LogP contribution in [0.5, 0.6) is 0 Å². The molecule has 0 saturated heterocycles. The molecule has 6 nitrogen and oxygen atoms in total. The number of sulfonamides is 1. The summed E-state index contributed by atoms with van der Waals surface area (Å²) in [6.07, 6.45) is 4.15. The molecule has 0 aliphatic carbocycles. The van der Waals surface area contributed by atoms with Crippen molar-refractivity contribution in [2.75, 3.05) is 0 Å². The van der Waals surface area contributed by atoms with Gasteiger partial charge in [0.2, 0.25) is 10.0 Å². The second kappa shape index (κ2) is 9.71. The number of benzene rings is 2. The number of carbonyl (C=O) groups is 1. The molecule has 2 aromatic carbocycles. The predicted octanol–water partition coefficient (Wildman–Crippen LogP) is 4.31. The molecule has 0 unspecified atom stereocenters. The lowest BCUT2D eigenvalue weighted by Gasteiger charge is -2.06. The number of ether oxygens (including phenoxy) is 1. The number of nitrogens with one attached hydrogen (secondary N) is 1. The van der Waals surface area contributed by atoms with Crippen LogP contribution in [0.3, 0.4) is 0 Å². The van der Waals surface area contributed by atoms with Crippen molar-refractivity contribution in [2.45, 2.75) is 18.0 Å². The molecule has 0 radical (unpaired) electrons. The van der Waals surface area contributed by atoms with Gasteiger partial charge in [-0.3, -0.25) is 0 Å². The standard InChI is InChI=1S/C21H17ClFNO5S/c22-20-12-17(23)7-6-16(20)14-29-21(25)10-5-15-3-8-19(9-4-15)30(26,27)24-13-18-2-1-11-28-18/h1-12,24H,13-14H2/b10-5+. The number of hydrogen-bond acceptors (Lipinski definition) is 5. The third-order valence-electron chi connectivity index (χ3n) is 4.00. The van der Waals surface area contributed by atoms with Crippen molar-refractivity contribution in [2.24, 2.45) is 0 Å². The first-order chi connectivity index (χ1) is 14.3. The molecule has 9 heteroatoms. The zero-order valence-corrected chi connectivity index (χ0v) is 17.1. The molecule has 0 aliphatic heterocycles. The Balaban J connectivity index is 1.55. The monoisotopic (exact) mass is 449 g/mol. The minimum Gasteiger partial charge on any atom is -0.468 e. The summed E-state index contributed by atoms with van der Waals surface area (Å²) < 4.78 is 50.2. The Hall–Kier alpha value is -2.94. The Morgan fingerprint density at radius 1 is 1.17 bits per heavy atom. The summed E-state index contributed by atoms with van der Waals surface area (Å²) in [5.41, 5.74) is 1.09. The molecule has 3 aromatic rings. The van der Waals surface area contributed by atoms with E-state index < -0.39 is 21.8 Å². The van der Waals surface area contributed by atoms with Crippen LogP contribution in [0.4, 0.5) is 4.39 Å². The Morgan fingerprint density at radius 2 is 1.93 bits per heavy atom. The molecule has 1 heterocycles. The summed E-state index contributed by atoms with van der Waals surface area (Å²) in [6.45, 7) is -0.0539. The van der Waals surface area contributed by atoms with Gasteiger partial charge in [0.25, 0.3) is 0 Å². The largest absolute Gasteiger partial charge is 0.468 e. The second-order valence-corrected chi connectivity index (χ2v) is 8.32. The van der Waals surface area contributed by atoms with Crippen LogP contribution in [0.15, 0.2) is 76.2 Å². The van der Waals surface area contributed by atoms with Crippen molar-refractivity contribution in [3.63, 3.8) is 0 Å². The fourth-order valence-corrected chi connectivity index (χ4v) is 3.64. The fraction of sp³-hybridized carbons (Fsp3) is 0.0952. The predicted molar refractivity (Wildman–Crippen MR) is 109 cm³/mol. The summed E-state index contributed by atoms with van der Waals surface area (Å²) in [5.74, 6) is -0.595. The van der Waals surface area contributed by atoms with Gasteiger partial charge < -0.3 is 9.15 Å². The molecule has 0 atom stereocenters. The van der Waals surface area contributed by atoms with E-state index in [1.165, 1.54) is 42.7 Å². The van der Waals surface area contributed by atoms with Gasteiger partial charge in [-0.05, 0) is 48.0 Å². The molecule has 0 fully saturated rings. The lowest BCUT2D eigenvalue weighted by atomic mass is 10.2. The van der Waals surface area contributed by atoms with Crippen molar-refractivity contribution in [1.82, 2.24) is 4.72 Å². The zero-order chi connectivity index (χ0) is 21.6. The van der Waals surface area contributed by atoms with Gasteiger partial charge in [0.1, 0.15) is 18.2 Å². The van der Waals surface area contributed by atoms with E-state index >= 15 is 0 Å². The highest BCUT2D eigenvalue weighted by Crippen LogP contribution is 2.18. The van der Waals surface area contributed by atoms with Crippen molar-refractivity contribution < 1.29 is 26.8 Å². The molecule has 1 N–H and O–H groups in total. The van der Waals surface area contributed by atoms with E-state index in [2.05, 4.69) is 4.72 Å². The summed E-state index contributed by atoms with van der Waals surface area (Å²) in [7, 11) is -3.70. The molecule has 156 valence electrons. The summed E-state index contributed by atoms with van der Waals surface area (Å²) in [5, 5.41) is 0.171. The maximum atomic E-state index is 13.0. The number of rotatable bonds is 8. The van der Waals surface area contributed by atoms with Crippen LogP contribution in [0.1, 0.15) is 16.9 Å². The molecule has 0 amide bonds. The van der Waals surface area contributed by atoms with E-state index in [0.29, 0.717) is 16.9 Å². The van der Waals surface area contributed by atoms with Gasteiger partial charge in [-0.1, -0.05) is 29.8 Å². The summed E-state index contributed by atoms with van der Waals surface area (Å²) >= 11 is 5.88. The normalized spacial score (nSPS) is 11.7. The van der Waals surface area contributed by atoms with E-state index in [1.807, 2.05) is 0 Å². The highest BCUT2D eigenvalue weighted by atomic mass is 35.5. The van der Waals surface area contributed by atoms with Crippen LogP contribution in [-0.4, -0.2) is 14.4 Å². The van der Waals surface area contributed by atoms with Gasteiger partial charge in [-0.25, -0.2) is 22.3 Å². The van der Waals surface area contributed by atoms with Crippen LogP contribution < -0.4 is 4.72 Å². The van der Waals surface area contributed by atoms with Crippen molar-refractivity contribution >= 4 is 33.7 Å². The van der Waals surface area contributed by atoms with Gasteiger partial charge in [0.15, 0.2) is 0 Å². The van der Waals surface area contributed by atoms with Crippen molar-refractivity contribution in [1.29, 1.82) is 0 Å². The SMILES string of the molecule is O=C(/C=C/c1ccc(S(=O)(=O)NCc2ccco2)cc1)OCc1ccc(F)cc1Cl. The second-order valence-electron chi connectivity index (χ2n) is 6.15. The molecule has 0 bridgehead atoms. The third kappa shape index (κ3) is 6.03. The van der Waals surface area contributed by atoms with E-state index in [0.717, 1.165) is 6.07 Å². The summed E-state index contributed by atoms with van der Waals surface area (Å²) in [4.78, 5) is 11.9. The fourth-order valence-electron chi connectivity index (χ4n) is 2.42. The van der Waals surface area contributed by atoms with E-state index in [4.69, 9.17) is 20.8 Å². The van der Waals surface area contributed by atoms with E-state index in [-0.39, 0.29) is 23.1 Å². The minimum atomic E-state index is -3.70. The highest BCUT2D eigenvalue weighted by Gasteiger charge is 2.14. The van der Waals surface area contributed by atoms with Crippen LogP contribution >= 0.6 is 11.6 Å². The number of hydrogen-bond donors (Lipinski definition) is 1. The van der Waals surface area contributed by atoms with Gasteiger partial charge in [0.05, 0.1) is 22.7 Å².